The highest BCUT2D eigenvalue weighted by molar-refractivity contribution is 5.81. The van der Waals surface area contributed by atoms with E-state index in [-0.39, 0.29) is 17.8 Å². The molecule has 1 aromatic rings. The number of likely N-dealkylation sites (N-methyl/N-ethyl adjacent to an activating group) is 1. The molecule has 0 radical (unpaired) electrons. The van der Waals surface area contributed by atoms with Gasteiger partial charge in [-0.2, -0.15) is 0 Å². The molecule has 0 saturated heterocycles. The fraction of sp³-hybridized carbons (Fsp3) is 0.500. The van der Waals surface area contributed by atoms with Gasteiger partial charge in [-0.25, -0.2) is 4.39 Å². The lowest BCUT2D eigenvalue weighted by Gasteiger charge is -2.27. The summed E-state index contributed by atoms with van der Waals surface area (Å²) in [5, 5.41) is 0. The number of amides is 1. The summed E-state index contributed by atoms with van der Waals surface area (Å²) in [6.45, 7) is 3.90. The summed E-state index contributed by atoms with van der Waals surface area (Å²) in [7, 11) is 1.73. The maximum atomic E-state index is 12.8. The molecule has 0 saturated carbocycles. The lowest BCUT2D eigenvalue weighted by molar-refractivity contribution is -0.133. The van der Waals surface area contributed by atoms with Crippen molar-refractivity contribution in [2.24, 2.45) is 5.73 Å². The van der Waals surface area contributed by atoms with Crippen molar-refractivity contribution in [2.45, 2.75) is 38.8 Å². The third-order valence-corrected chi connectivity index (χ3v) is 3.20. The van der Waals surface area contributed by atoms with Crippen LogP contribution in [0.5, 0.6) is 0 Å². The molecule has 0 aliphatic carbocycles. The van der Waals surface area contributed by atoms with E-state index in [1.807, 2.05) is 13.8 Å². The lowest BCUT2D eigenvalue weighted by atomic mass is 10.1. The first kappa shape index (κ1) is 14.6. The summed E-state index contributed by atoms with van der Waals surface area (Å²) in [5.41, 5.74) is 6.72. The van der Waals surface area contributed by atoms with Crippen molar-refractivity contribution in [2.75, 3.05) is 7.05 Å². The average molecular weight is 252 g/mol. The first-order chi connectivity index (χ1) is 8.47. The Labute approximate surface area is 108 Å². The molecule has 0 spiro atoms. The molecule has 0 heterocycles. The number of hydrogen-bond acceptors (Lipinski definition) is 2. The minimum atomic E-state index is -0.456. The molecule has 1 aromatic carbocycles. The molecule has 100 valence electrons. The van der Waals surface area contributed by atoms with E-state index < -0.39 is 6.04 Å². The maximum Gasteiger partial charge on any atom is 0.239 e. The molecule has 0 fully saturated rings. The molecular weight excluding hydrogens is 231 g/mol. The molecule has 0 aliphatic heterocycles. The zero-order valence-electron chi connectivity index (χ0n) is 11.2. The van der Waals surface area contributed by atoms with Gasteiger partial charge < -0.3 is 10.6 Å². The zero-order chi connectivity index (χ0) is 13.7. The van der Waals surface area contributed by atoms with Gasteiger partial charge >= 0.3 is 0 Å². The fourth-order valence-electron chi connectivity index (χ4n) is 1.85. The van der Waals surface area contributed by atoms with Gasteiger partial charge in [0.1, 0.15) is 5.82 Å². The molecule has 2 atom stereocenters. The molecule has 0 bridgehead atoms. The SMILES string of the molecule is CCC[C@@H](N)C(=O)N(C)C(C)c1ccc(F)cc1. The summed E-state index contributed by atoms with van der Waals surface area (Å²) >= 11 is 0. The Morgan fingerprint density at radius 2 is 1.94 bits per heavy atom. The number of nitrogens with zero attached hydrogens (tertiary/aromatic N) is 1. The largest absolute Gasteiger partial charge is 0.338 e. The maximum absolute atomic E-state index is 12.8. The minimum absolute atomic E-state index is 0.0753. The zero-order valence-corrected chi connectivity index (χ0v) is 11.2. The van der Waals surface area contributed by atoms with Crippen LogP contribution in [-0.4, -0.2) is 23.9 Å². The second-order valence-corrected chi connectivity index (χ2v) is 4.57. The van der Waals surface area contributed by atoms with Crippen molar-refractivity contribution in [1.82, 2.24) is 4.90 Å². The predicted octanol–water partition coefficient (Wildman–Crippen LogP) is 2.47. The Kier molecular flexibility index (Phi) is 5.28. The smallest absolute Gasteiger partial charge is 0.239 e. The lowest BCUT2D eigenvalue weighted by Crippen LogP contribution is -2.42. The normalized spacial score (nSPS) is 14.1. The Hall–Kier alpha value is -1.42. The number of benzene rings is 1. The first-order valence-corrected chi connectivity index (χ1v) is 6.25. The molecular formula is C14H21FN2O. The second kappa shape index (κ2) is 6.50. The van der Waals surface area contributed by atoms with Crippen LogP contribution < -0.4 is 5.73 Å². The Bertz CT molecular complexity index is 391. The van der Waals surface area contributed by atoms with Gasteiger partial charge in [0.05, 0.1) is 12.1 Å². The summed E-state index contributed by atoms with van der Waals surface area (Å²) in [6, 6.07) is 5.61. The van der Waals surface area contributed by atoms with Crippen molar-refractivity contribution in [3.05, 3.63) is 35.6 Å². The van der Waals surface area contributed by atoms with Crippen LogP contribution in [-0.2, 0) is 4.79 Å². The number of nitrogens with two attached hydrogens (primary N) is 1. The minimum Gasteiger partial charge on any atom is -0.338 e. The molecule has 1 rings (SSSR count). The van der Waals surface area contributed by atoms with Gasteiger partial charge in [0.25, 0.3) is 0 Å². The highest BCUT2D eigenvalue weighted by atomic mass is 19.1. The second-order valence-electron chi connectivity index (χ2n) is 4.57. The molecule has 1 amide bonds. The quantitative estimate of drug-likeness (QED) is 0.875. The van der Waals surface area contributed by atoms with Gasteiger partial charge in [-0.05, 0) is 31.0 Å². The predicted molar refractivity (Wildman–Crippen MR) is 70.5 cm³/mol. The van der Waals surface area contributed by atoms with Crippen molar-refractivity contribution in [1.29, 1.82) is 0 Å². The molecule has 0 aliphatic rings. The number of carbonyl (C=O) groups is 1. The topological polar surface area (TPSA) is 46.3 Å². The molecule has 3 nitrogen and oxygen atoms in total. The van der Waals surface area contributed by atoms with Gasteiger partial charge in [0.15, 0.2) is 0 Å². The molecule has 18 heavy (non-hydrogen) atoms. The van der Waals surface area contributed by atoms with Gasteiger partial charge in [0, 0.05) is 7.05 Å². The Balaban J connectivity index is 2.74. The van der Waals surface area contributed by atoms with Crippen molar-refractivity contribution in [3.63, 3.8) is 0 Å². The number of rotatable bonds is 5. The Morgan fingerprint density at radius 3 is 2.44 bits per heavy atom. The highest BCUT2D eigenvalue weighted by Crippen LogP contribution is 2.19. The van der Waals surface area contributed by atoms with E-state index >= 15 is 0 Å². The van der Waals surface area contributed by atoms with Crippen LogP contribution in [0.1, 0.15) is 38.3 Å². The van der Waals surface area contributed by atoms with Gasteiger partial charge in [-0.1, -0.05) is 25.5 Å². The number of carbonyl (C=O) groups excluding carboxylic acids is 1. The van der Waals surface area contributed by atoms with Crippen molar-refractivity contribution in [3.8, 4) is 0 Å². The summed E-state index contributed by atoms with van der Waals surface area (Å²) in [6.07, 6.45) is 1.56. The fourth-order valence-corrected chi connectivity index (χ4v) is 1.85. The standard InChI is InChI=1S/C14H21FN2O/c1-4-5-13(16)14(18)17(3)10(2)11-6-8-12(15)9-7-11/h6-10,13H,4-5,16H2,1-3H3/t10?,13-/m1/s1. The molecule has 2 N–H and O–H groups in total. The molecule has 0 aromatic heterocycles. The summed E-state index contributed by atoms with van der Waals surface area (Å²) < 4.78 is 12.8. The summed E-state index contributed by atoms with van der Waals surface area (Å²) in [4.78, 5) is 13.7. The van der Waals surface area contributed by atoms with Gasteiger partial charge in [0.2, 0.25) is 5.91 Å². The van der Waals surface area contributed by atoms with Crippen molar-refractivity contribution < 1.29 is 9.18 Å². The van der Waals surface area contributed by atoms with E-state index in [9.17, 15) is 9.18 Å². The van der Waals surface area contributed by atoms with E-state index in [1.54, 1.807) is 24.1 Å². The Morgan fingerprint density at radius 1 is 1.39 bits per heavy atom. The van der Waals surface area contributed by atoms with Crippen LogP contribution in [0.3, 0.4) is 0 Å². The number of hydrogen-bond donors (Lipinski definition) is 1. The van der Waals surface area contributed by atoms with E-state index in [1.165, 1.54) is 12.1 Å². The van der Waals surface area contributed by atoms with Crippen LogP contribution in [0.4, 0.5) is 4.39 Å². The number of halogens is 1. The van der Waals surface area contributed by atoms with Crippen molar-refractivity contribution >= 4 is 5.91 Å². The van der Waals surface area contributed by atoms with Crippen LogP contribution in [0.15, 0.2) is 24.3 Å². The molecule has 4 heteroatoms. The van der Waals surface area contributed by atoms with E-state index in [0.29, 0.717) is 6.42 Å². The van der Waals surface area contributed by atoms with Gasteiger partial charge in [-0.15, -0.1) is 0 Å². The van der Waals surface area contributed by atoms with Crippen LogP contribution >= 0.6 is 0 Å². The highest BCUT2D eigenvalue weighted by Gasteiger charge is 2.22. The first-order valence-electron chi connectivity index (χ1n) is 6.25. The van der Waals surface area contributed by atoms with Crippen LogP contribution in [0.25, 0.3) is 0 Å². The average Bonchev–Trinajstić information content (AvgIpc) is 2.37. The van der Waals surface area contributed by atoms with Gasteiger partial charge in [-0.3, -0.25) is 4.79 Å². The van der Waals surface area contributed by atoms with E-state index in [2.05, 4.69) is 0 Å². The third kappa shape index (κ3) is 3.53. The van der Waals surface area contributed by atoms with E-state index in [4.69, 9.17) is 5.73 Å². The monoisotopic (exact) mass is 252 g/mol. The third-order valence-electron chi connectivity index (χ3n) is 3.20. The van der Waals surface area contributed by atoms with Crippen LogP contribution in [0.2, 0.25) is 0 Å². The van der Waals surface area contributed by atoms with E-state index in [0.717, 1.165) is 12.0 Å². The van der Waals surface area contributed by atoms with Crippen LogP contribution in [0, 0.1) is 5.82 Å². The summed E-state index contributed by atoms with van der Waals surface area (Å²) in [5.74, 6) is -0.351. The molecule has 1 unspecified atom stereocenters.